The molecule has 4 heteroatoms. The van der Waals surface area contributed by atoms with E-state index < -0.39 is 5.60 Å². The van der Waals surface area contributed by atoms with Gasteiger partial charge in [0.25, 0.3) is 0 Å². The summed E-state index contributed by atoms with van der Waals surface area (Å²) in [4.78, 5) is 18.4. The zero-order chi connectivity index (χ0) is 19.4. The smallest absolute Gasteiger partial charge is 0.159 e. The normalized spacial score (nSPS) is 9.29. The van der Waals surface area contributed by atoms with E-state index in [1.807, 2.05) is 26.8 Å². The molecule has 0 aliphatic carbocycles. The first-order valence-corrected chi connectivity index (χ1v) is 8.10. The predicted molar refractivity (Wildman–Crippen MR) is 106 cm³/mol. The van der Waals surface area contributed by atoms with Gasteiger partial charge in [-0.25, -0.2) is 0 Å². The molecule has 0 bridgehead atoms. The fourth-order valence-electron chi connectivity index (χ4n) is 1.04. The lowest BCUT2D eigenvalue weighted by Crippen LogP contribution is -2.20. The number of rotatable bonds is 5. The highest BCUT2D eigenvalue weighted by Gasteiger charge is 2.05. The van der Waals surface area contributed by atoms with Crippen molar-refractivity contribution in [1.82, 2.24) is 4.98 Å². The number of allylic oxidation sites excluding steroid dienone is 1. The minimum Gasteiger partial charge on any atom is -0.385 e. The van der Waals surface area contributed by atoms with E-state index in [9.17, 15) is 4.79 Å². The number of carbonyl (C=O) groups excluding carboxylic acids is 1. The topological polar surface area (TPSA) is 62.6 Å². The summed E-state index contributed by atoms with van der Waals surface area (Å²) in [5.41, 5.74) is -0.0637. The maximum atomic E-state index is 10.6. The van der Waals surface area contributed by atoms with E-state index in [2.05, 4.69) is 23.1 Å². The van der Waals surface area contributed by atoms with Gasteiger partial charge in [-0.15, -0.1) is 13.2 Å². The molecule has 0 aliphatic heterocycles. The third-order valence-electron chi connectivity index (χ3n) is 1.96. The lowest BCUT2D eigenvalue weighted by molar-refractivity contribution is 0.101. The van der Waals surface area contributed by atoms with Crippen LogP contribution in [-0.4, -0.2) is 34.2 Å². The van der Waals surface area contributed by atoms with Crippen LogP contribution in [0.1, 0.15) is 58.3 Å². The number of aromatic nitrogens is 1. The Morgan fingerprint density at radius 2 is 1.75 bits per heavy atom. The number of aliphatic imine (C=N–C) groups is 1. The molecule has 0 unspecified atom stereocenters. The van der Waals surface area contributed by atoms with Crippen molar-refractivity contribution in [2.45, 2.75) is 53.6 Å². The Bertz CT molecular complexity index is 446. The summed E-state index contributed by atoms with van der Waals surface area (Å²) >= 11 is 0. The summed E-state index contributed by atoms with van der Waals surface area (Å²) in [5, 5.41) is 9.14. The molecule has 1 aromatic heterocycles. The number of carbonyl (C=O) groups is 1. The van der Waals surface area contributed by atoms with Crippen molar-refractivity contribution in [2.24, 2.45) is 4.99 Å². The second-order valence-electron chi connectivity index (χ2n) is 4.97. The Labute approximate surface area is 148 Å². The molecule has 136 valence electrons. The third kappa shape index (κ3) is 24.9. The van der Waals surface area contributed by atoms with Crippen LogP contribution in [0.5, 0.6) is 0 Å². The van der Waals surface area contributed by atoms with Gasteiger partial charge in [-0.2, -0.15) is 0 Å². The summed E-state index contributed by atoms with van der Waals surface area (Å²) in [6.07, 6.45) is 9.19. The van der Waals surface area contributed by atoms with Crippen LogP contribution in [0, 0.1) is 0 Å². The molecule has 4 nitrogen and oxygen atoms in total. The van der Waals surface area contributed by atoms with Crippen molar-refractivity contribution < 1.29 is 9.90 Å². The van der Waals surface area contributed by atoms with E-state index in [1.54, 1.807) is 50.7 Å². The van der Waals surface area contributed by atoms with Gasteiger partial charge in [-0.1, -0.05) is 26.0 Å². The Morgan fingerprint density at radius 1 is 1.29 bits per heavy atom. The van der Waals surface area contributed by atoms with Crippen LogP contribution >= 0.6 is 0 Å². The SMILES string of the molecule is C=CC.C=CCCN=CC(C)(C)O.CC.CC(=O)c1ccncc1. The molecule has 0 aliphatic rings. The summed E-state index contributed by atoms with van der Waals surface area (Å²) in [6.45, 7) is 18.5. The van der Waals surface area contributed by atoms with Gasteiger partial charge < -0.3 is 5.11 Å². The first-order chi connectivity index (χ1) is 11.3. The molecule has 0 spiro atoms. The summed E-state index contributed by atoms with van der Waals surface area (Å²) in [5.74, 6) is 0.0809. The molecular formula is C20H34N2O2. The Hall–Kier alpha value is -2.07. The molecule has 1 N–H and O–H groups in total. The maximum absolute atomic E-state index is 10.6. The first-order valence-electron chi connectivity index (χ1n) is 8.10. The molecule has 1 aromatic rings. The molecule has 0 aromatic carbocycles. The predicted octanol–water partition coefficient (Wildman–Crippen LogP) is 4.91. The van der Waals surface area contributed by atoms with Crippen LogP contribution in [0.2, 0.25) is 0 Å². The molecule has 0 radical (unpaired) electrons. The van der Waals surface area contributed by atoms with Gasteiger partial charge in [0.05, 0.1) is 5.60 Å². The van der Waals surface area contributed by atoms with Gasteiger partial charge >= 0.3 is 0 Å². The largest absolute Gasteiger partial charge is 0.385 e. The van der Waals surface area contributed by atoms with Gasteiger partial charge in [0.2, 0.25) is 0 Å². The summed E-state index contributed by atoms with van der Waals surface area (Å²) in [7, 11) is 0. The quantitative estimate of drug-likeness (QED) is 0.360. The zero-order valence-corrected chi connectivity index (χ0v) is 16.1. The second kappa shape index (κ2) is 19.0. The van der Waals surface area contributed by atoms with E-state index in [1.165, 1.54) is 6.92 Å². The third-order valence-corrected chi connectivity index (χ3v) is 1.96. The molecule has 0 fully saturated rings. The first kappa shape index (κ1) is 26.8. The van der Waals surface area contributed by atoms with Crippen LogP contribution in [0.4, 0.5) is 0 Å². The lowest BCUT2D eigenvalue weighted by Gasteiger charge is -2.08. The van der Waals surface area contributed by atoms with Gasteiger partial charge in [-0.3, -0.25) is 14.8 Å². The van der Waals surface area contributed by atoms with Gasteiger partial charge in [0.1, 0.15) is 0 Å². The standard InChI is InChI=1S/C8H15NO.C7H7NO.C3H6.C2H6/c1-4-5-6-9-7-8(2,3)10;1-6(9)7-2-4-8-5-3-7;1-3-2;1-2/h4,7,10H,1,5-6H2,2-3H3;2-5H,1H3;3H,1H2,2H3;1-2H3. The van der Waals surface area contributed by atoms with E-state index >= 15 is 0 Å². The summed E-state index contributed by atoms with van der Waals surface area (Å²) in [6, 6.07) is 3.39. The Kier molecular flexibility index (Phi) is 21.2. The van der Waals surface area contributed by atoms with Crippen LogP contribution in [0.25, 0.3) is 0 Å². The van der Waals surface area contributed by atoms with Gasteiger partial charge in [0, 0.05) is 30.7 Å². The number of aliphatic hydroxyl groups is 1. The minimum atomic E-state index is -0.777. The Morgan fingerprint density at radius 3 is 2.04 bits per heavy atom. The van der Waals surface area contributed by atoms with Gasteiger partial charge in [0.15, 0.2) is 5.78 Å². The van der Waals surface area contributed by atoms with Crippen LogP contribution < -0.4 is 0 Å². The van der Waals surface area contributed by atoms with Crippen molar-refractivity contribution in [2.75, 3.05) is 6.54 Å². The number of pyridine rings is 1. The highest BCUT2D eigenvalue weighted by atomic mass is 16.3. The fourth-order valence-corrected chi connectivity index (χ4v) is 1.04. The highest BCUT2D eigenvalue weighted by Crippen LogP contribution is 1.95. The number of hydrogen-bond donors (Lipinski definition) is 1. The lowest BCUT2D eigenvalue weighted by atomic mass is 10.2. The van der Waals surface area contributed by atoms with E-state index in [-0.39, 0.29) is 5.78 Å². The summed E-state index contributed by atoms with van der Waals surface area (Å²) < 4.78 is 0. The average Bonchev–Trinajstić information content (AvgIpc) is 2.55. The van der Waals surface area contributed by atoms with Crippen molar-refractivity contribution in [1.29, 1.82) is 0 Å². The molecule has 0 amide bonds. The fraction of sp³-hybridized carbons (Fsp3) is 0.450. The van der Waals surface area contributed by atoms with Crippen LogP contribution in [0.3, 0.4) is 0 Å². The molecule has 1 heterocycles. The van der Waals surface area contributed by atoms with Gasteiger partial charge in [-0.05, 0) is 46.2 Å². The maximum Gasteiger partial charge on any atom is 0.159 e. The number of Topliss-reactive ketones (excluding diaryl/α,β-unsaturated/α-hetero) is 1. The molecular weight excluding hydrogens is 300 g/mol. The molecule has 1 rings (SSSR count). The average molecular weight is 335 g/mol. The number of nitrogens with zero attached hydrogens (tertiary/aromatic N) is 2. The number of hydrogen-bond acceptors (Lipinski definition) is 4. The van der Waals surface area contributed by atoms with Crippen LogP contribution in [-0.2, 0) is 0 Å². The molecule has 24 heavy (non-hydrogen) atoms. The van der Waals surface area contributed by atoms with E-state index in [0.29, 0.717) is 12.1 Å². The highest BCUT2D eigenvalue weighted by molar-refractivity contribution is 5.93. The van der Waals surface area contributed by atoms with Crippen LogP contribution in [0.15, 0.2) is 54.8 Å². The van der Waals surface area contributed by atoms with Crippen molar-refractivity contribution in [3.63, 3.8) is 0 Å². The minimum absolute atomic E-state index is 0.0809. The Balaban J connectivity index is -0.000000291. The van der Waals surface area contributed by atoms with Crippen molar-refractivity contribution >= 4 is 12.0 Å². The van der Waals surface area contributed by atoms with E-state index in [0.717, 1.165) is 6.42 Å². The molecule has 0 saturated heterocycles. The van der Waals surface area contributed by atoms with Crippen molar-refractivity contribution in [3.05, 3.63) is 55.4 Å². The van der Waals surface area contributed by atoms with Crippen molar-refractivity contribution in [3.8, 4) is 0 Å². The zero-order valence-electron chi connectivity index (χ0n) is 16.1. The monoisotopic (exact) mass is 334 g/mol. The molecule has 0 saturated carbocycles. The van der Waals surface area contributed by atoms with E-state index in [4.69, 9.17) is 5.11 Å². The number of ketones is 1. The second-order valence-corrected chi connectivity index (χ2v) is 4.97. The molecule has 0 atom stereocenters.